The van der Waals surface area contributed by atoms with Gasteiger partial charge in [-0.15, -0.1) is 0 Å². The maximum absolute atomic E-state index is 13.0. The lowest BCUT2D eigenvalue weighted by molar-refractivity contribution is 0.0949. The highest BCUT2D eigenvalue weighted by Crippen LogP contribution is 2.35. The van der Waals surface area contributed by atoms with Crippen LogP contribution in [-0.2, 0) is 19.8 Å². The normalized spacial score (nSPS) is 10.5. The van der Waals surface area contributed by atoms with Crippen molar-refractivity contribution in [3.05, 3.63) is 124 Å². The number of ether oxygens (including phenoxy) is 3. The predicted octanol–water partition coefficient (Wildman–Crippen LogP) is 6.55. The zero-order valence-electron chi connectivity index (χ0n) is 19.4. The highest BCUT2D eigenvalue weighted by molar-refractivity contribution is 9.10. The van der Waals surface area contributed by atoms with E-state index in [2.05, 4.69) is 21.2 Å². The Morgan fingerprint density at radius 2 is 1.29 bits per heavy atom. The molecule has 6 heteroatoms. The van der Waals surface area contributed by atoms with Crippen molar-refractivity contribution in [1.29, 1.82) is 0 Å². The van der Waals surface area contributed by atoms with Crippen molar-refractivity contribution in [3.8, 4) is 17.2 Å². The van der Waals surface area contributed by atoms with Gasteiger partial charge in [0.05, 0.1) is 12.7 Å². The summed E-state index contributed by atoms with van der Waals surface area (Å²) in [5.41, 5.74) is 3.50. The highest BCUT2D eigenvalue weighted by Gasteiger charge is 2.17. The highest BCUT2D eigenvalue weighted by atomic mass is 79.9. The molecule has 0 aliphatic heterocycles. The summed E-state index contributed by atoms with van der Waals surface area (Å²) >= 11 is 3.54. The molecule has 0 fully saturated rings. The molecule has 0 aliphatic carbocycles. The molecule has 0 unspecified atom stereocenters. The van der Waals surface area contributed by atoms with E-state index in [0.29, 0.717) is 41.3 Å². The largest absolute Gasteiger partial charge is 0.497 e. The van der Waals surface area contributed by atoms with Gasteiger partial charge in [0.25, 0.3) is 5.91 Å². The molecule has 0 bridgehead atoms. The summed E-state index contributed by atoms with van der Waals surface area (Å²) in [6, 6.07) is 30.9. The van der Waals surface area contributed by atoms with Gasteiger partial charge < -0.3 is 19.5 Å². The molecular weight excluding hydrogens is 506 g/mol. The lowest BCUT2D eigenvalue weighted by Crippen LogP contribution is -2.23. The molecule has 1 N–H and O–H groups in total. The molecule has 4 aromatic rings. The SMILES string of the molecule is COc1ccc(CNC(=O)c2cc(OCc3ccccc3)c(OCc3ccccc3)cc2Br)cc1. The number of carbonyl (C=O) groups excluding carboxylic acids is 1. The van der Waals surface area contributed by atoms with Crippen molar-refractivity contribution < 1.29 is 19.0 Å². The van der Waals surface area contributed by atoms with Gasteiger partial charge in [-0.2, -0.15) is 0 Å². The summed E-state index contributed by atoms with van der Waals surface area (Å²) in [6.07, 6.45) is 0. The van der Waals surface area contributed by atoms with Crippen LogP contribution in [0.25, 0.3) is 0 Å². The molecule has 0 saturated carbocycles. The third-order valence-corrected chi connectivity index (χ3v) is 6.02. The second-order valence-electron chi connectivity index (χ2n) is 7.86. The molecule has 4 aromatic carbocycles. The minimum Gasteiger partial charge on any atom is -0.497 e. The first-order chi connectivity index (χ1) is 17.1. The van der Waals surface area contributed by atoms with Crippen molar-refractivity contribution >= 4 is 21.8 Å². The number of halogens is 1. The summed E-state index contributed by atoms with van der Waals surface area (Å²) in [4.78, 5) is 13.0. The lowest BCUT2D eigenvalue weighted by Gasteiger charge is -2.16. The van der Waals surface area contributed by atoms with Gasteiger partial charge in [0.2, 0.25) is 0 Å². The standard InChI is InChI=1S/C29H26BrNO4/c1-33-24-14-12-21(13-15-24)18-31-29(32)25-16-27(34-19-22-8-4-2-5-9-22)28(17-26(25)30)35-20-23-10-6-3-7-11-23/h2-17H,18-20H2,1H3,(H,31,32). The van der Waals surface area contributed by atoms with E-state index in [1.807, 2.05) is 84.9 Å². The molecule has 35 heavy (non-hydrogen) atoms. The van der Waals surface area contributed by atoms with Crippen LogP contribution in [0.4, 0.5) is 0 Å². The predicted molar refractivity (Wildman–Crippen MR) is 140 cm³/mol. The van der Waals surface area contributed by atoms with E-state index in [1.54, 1.807) is 19.2 Å². The number of benzene rings is 4. The van der Waals surface area contributed by atoms with Crippen molar-refractivity contribution in [3.63, 3.8) is 0 Å². The maximum atomic E-state index is 13.0. The van der Waals surface area contributed by atoms with Crippen LogP contribution in [0.15, 0.2) is 102 Å². The molecule has 4 rings (SSSR count). The number of carbonyl (C=O) groups is 1. The minimum absolute atomic E-state index is 0.216. The van der Waals surface area contributed by atoms with Crippen molar-refractivity contribution in [2.45, 2.75) is 19.8 Å². The Balaban J connectivity index is 1.52. The fourth-order valence-corrected chi connectivity index (χ4v) is 3.93. The molecule has 0 aromatic heterocycles. The topological polar surface area (TPSA) is 56.8 Å². The average Bonchev–Trinajstić information content (AvgIpc) is 2.91. The van der Waals surface area contributed by atoms with Crippen LogP contribution >= 0.6 is 15.9 Å². The second-order valence-corrected chi connectivity index (χ2v) is 8.71. The van der Waals surface area contributed by atoms with Crippen LogP contribution < -0.4 is 19.5 Å². The van der Waals surface area contributed by atoms with Crippen molar-refractivity contribution in [2.75, 3.05) is 7.11 Å². The van der Waals surface area contributed by atoms with Gasteiger partial charge in [-0.05, 0) is 56.9 Å². The number of methoxy groups -OCH3 is 1. The number of hydrogen-bond acceptors (Lipinski definition) is 4. The third kappa shape index (κ3) is 6.87. The Morgan fingerprint density at radius 1 is 0.743 bits per heavy atom. The summed E-state index contributed by atoms with van der Waals surface area (Å²) in [7, 11) is 1.62. The number of hydrogen-bond donors (Lipinski definition) is 1. The van der Waals surface area contributed by atoms with E-state index in [-0.39, 0.29) is 5.91 Å². The zero-order valence-corrected chi connectivity index (χ0v) is 21.0. The number of nitrogens with one attached hydrogen (secondary N) is 1. The van der Waals surface area contributed by atoms with E-state index in [4.69, 9.17) is 14.2 Å². The first-order valence-corrected chi connectivity index (χ1v) is 12.0. The van der Waals surface area contributed by atoms with Crippen molar-refractivity contribution in [2.24, 2.45) is 0 Å². The molecule has 1 amide bonds. The Bertz CT molecular complexity index is 1250. The molecule has 0 atom stereocenters. The molecule has 5 nitrogen and oxygen atoms in total. The van der Waals surface area contributed by atoms with Gasteiger partial charge in [-0.3, -0.25) is 4.79 Å². The fraction of sp³-hybridized carbons (Fsp3) is 0.138. The zero-order chi connectivity index (χ0) is 24.5. The van der Waals surface area contributed by atoms with Gasteiger partial charge in [0, 0.05) is 11.0 Å². The Kier molecular flexibility index (Phi) is 8.41. The van der Waals surface area contributed by atoms with E-state index in [0.717, 1.165) is 22.4 Å². The number of rotatable bonds is 10. The van der Waals surface area contributed by atoms with E-state index >= 15 is 0 Å². The summed E-state index contributed by atoms with van der Waals surface area (Å²) < 4.78 is 18.0. The Hall–Kier alpha value is -3.77. The van der Waals surface area contributed by atoms with Gasteiger partial charge in [-0.1, -0.05) is 72.8 Å². The number of amides is 1. The first-order valence-electron chi connectivity index (χ1n) is 11.2. The first kappa shape index (κ1) is 24.4. The molecular formula is C29H26BrNO4. The fourth-order valence-electron chi connectivity index (χ4n) is 3.43. The van der Waals surface area contributed by atoms with Crippen LogP contribution in [0.3, 0.4) is 0 Å². The summed E-state index contributed by atoms with van der Waals surface area (Å²) in [6.45, 7) is 1.14. The van der Waals surface area contributed by atoms with Gasteiger partial charge >= 0.3 is 0 Å². The maximum Gasteiger partial charge on any atom is 0.252 e. The smallest absolute Gasteiger partial charge is 0.252 e. The monoisotopic (exact) mass is 531 g/mol. The van der Waals surface area contributed by atoms with Crippen LogP contribution in [0.5, 0.6) is 17.2 Å². The molecule has 0 radical (unpaired) electrons. The van der Waals surface area contributed by atoms with E-state index < -0.39 is 0 Å². The average molecular weight is 532 g/mol. The summed E-state index contributed by atoms with van der Waals surface area (Å²) in [5.74, 6) is 1.62. The van der Waals surface area contributed by atoms with Gasteiger partial charge in [0.1, 0.15) is 19.0 Å². The minimum atomic E-state index is -0.216. The summed E-state index contributed by atoms with van der Waals surface area (Å²) in [5, 5.41) is 2.97. The van der Waals surface area contributed by atoms with Crippen molar-refractivity contribution in [1.82, 2.24) is 5.32 Å². The second kappa shape index (κ2) is 12.1. The van der Waals surface area contributed by atoms with E-state index in [9.17, 15) is 4.79 Å². The Morgan fingerprint density at radius 3 is 1.83 bits per heavy atom. The molecule has 178 valence electrons. The Labute approximate surface area is 213 Å². The quantitative estimate of drug-likeness (QED) is 0.252. The third-order valence-electron chi connectivity index (χ3n) is 5.36. The van der Waals surface area contributed by atoms with Gasteiger partial charge in [0.15, 0.2) is 11.5 Å². The molecule has 0 heterocycles. The van der Waals surface area contributed by atoms with Crippen LogP contribution in [0, 0.1) is 0 Å². The van der Waals surface area contributed by atoms with Gasteiger partial charge in [-0.25, -0.2) is 0 Å². The molecule has 0 spiro atoms. The lowest BCUT2D eigenvalue weighted by atomic mass is 10.1. The molecule has 0 saturated heterocycles. The van der Waals surface area contributed by atoms with E-state index in [1.165, 1.54) is 0 Å². The van der Waals surface area contributed by atoms with Crippen LogP contribution in [-0.4, -0.2) is 13.0 Å². The van der Waals surface area contributed by atoms with Crippen LogP contribution in [0.2, 0.25) is 0 Å². The van der Waals surface area contributed by atoms with Crippen LogP contribution in [0.1, 0.15) is 27.0 Å². The molecule has 0 aliphatic rings.